The minimum atomic E-state index is -4.21. The zero-order valence-electron chi connectivity index (χ0n) is 18.1. The molecule has 2 saturated carbocycles. The smallest absolute Gasteiger partial charge is 0.333 e. The molecule has 1 aromatic rings. The summed E-state index contributed by atoms with van der Waals surface area (Å²) in [5, 5.41) is 16.6. The first kappa shape index (κ1) is 23.5. The zero-order valence-corrected chi connectivity index (χ0v) is 18.9. The second-order valence-corrected chi connectivity index (χ2v) is 9.76. The second-order valence-electron chi connectivity index (χ2n) is 8.61. The van der Waals surface area contributed by atoms with Gasteiger partial charge >= 0.3 is 10.3 Å². The third-order valence-corrected chi connectivity index (χ3v) is 6.94. The fraction of sp³-hybridized carbons (Fsp3) is 0.727. The van der Waals surface area contributed by atoms with Crippen molar-refractivity contribution in [2.75, 3.05) is 19.6 Å². The van der Waals surface area contributed by atoms with Crippen LogP contribution < -0.4 is 9.88 Å². The van der Waals surface area contributed by atoms with E-state index in [2.05, 4.69) is 11.0 Å². The van der Waals surface area contributed by atoms with Crippen LogP contribution in [0.2, 0.25) is 0 Å². The molecule has 1 aromatic carbocycles. The molecule has 30 heavy (non-hydrogen) atoms. The van der Waals surface area contributed by atoms with Gasteiger partial charge in [0.2, 0.25) is 0 Å². The third-order valence-electron chi connectivity index (χ3n) is 6.38. The SMILES string of the molecule is CCN(CC)CC(O)C(Oc1ccccc1C1CC1)C1(OS(N)(=O)=O)CCCCC1. The Morgan fingerprint density at radius 3 is 2.37 bits per heavy atom. The molecule has 7 nitrogen and oxygen atoms in total. The first-order valence-electron chi connectivity index (χ1n) is 11.2. The summed E-state index contributed by atoms with van der Waals surface area (Å²) < 4.78 is 36.0. The quantitative estimate of drug-likeness (QED) is 0.548. The number of nitrogens with zero attached hydrogens (tertiary/aromatic N) is 1. The van der Waals surface area contributed by atoms with Crippen LogP contribution in [0, 0.1) is 0 Å². The molecule has 3 rings (SSSR count). The van der Waals surface area contributed by atoms with Gasteiger partial charge in [-0.05, 0) is 56.3 Å². The summed E-state index contributed by atoms with van der Waals surface area (Å²) in [6.45, 7) is 6.00. The van der Waals surface area contributed by atoms with Crippen LogP contribution in [0.3, 0.4) is 0 Å². The summed E-state index contributed by atoms with van der Waals surface area (Å²) in [6, 6.07) is 7.84. The van der Waals surface area contributed by atoms with Crippen LogP contribution in [0.5, 0.6) is 5.75 Å². The molecular formula is C22H36N2O5S. The summed E-state index contributed by atoms with van der Waals surface area (Å²) in [6.07, 6.45) is 4.04. The molecule has 2 fully saturated rings. The first-order valence-corrected chi connectivity index (χ1v) is 12.6. The Bertz CT molecular complexity index is 786. The number of nitrogens with two attached hydrogens (primary N) is 1. The number of para-hydroxylation sites is 1. The van der Waals surface area contributed by atoms with Crippen LogP contribution in [0.4, 0.5) is 0 Å². The highest BCUT2D eigenvalue weighted by Gasteiger charge is 2.49. The van der Waals surface area contributed by atoms with E-state index in [1.807, 2.05) is 32.0 Å². The summed E-state index contributed by atoms with van der Waals surface area (Å²) >= 11 is 0. The minimum absolute atomic E-state index is 0.374. The Balaban J connectivity index is 1.97. The van der Waals surface area contributed by atoms with E-state index in [0.717, 1.165) is 50.8 Å². The Morgan fingerprint density at radius 2 is 1.80 bits per heavy atom. The molecule has 0 heterocycles. The van der Waals surface area contributed by atoms with E-state index in [0.29, 0.717) is 31.1 Å². The number of hydrogen-bond acceptors (Lipinski definition) is 6. The van der Waals surface area contributed by atoms with Crippen LogP contribution in [0.1, 0.15) is 70.3 Å². The van der Waals surface area contributed by atoms with E-state index in [1.54, 1.807) is 0 Å². The monoisotopic (exact) mass is 440 g/mol. The van der Waals surface area contributed by atoms with E-state index < -0.39 is 28.1 Å². The summed E-state index contributed by atoms with van der Waals surface area (Å²) in [7, 11) is -4.21. The number of benzene rings is 1. The standard InChI is InChI=1S/C22H36N2O5S/c1-3-24(4-2)16-19(25)21(22(29-30(23,26)27)14-8-5-9-15-22)28-20-11-7-6-10-18(20)17-12-13-17/h6-7,10-11,17,19,21,25H,3-5,8-9,12-16H2,1-2H3,(H2,23,26,27). The molecular weight excluding hydrogens is 404 g/mol. The lowest BCUT2D eigenvalue weighted by atomic mass is 9.78. The van der Waals surface area contributed by atoms with Crippen molar-refractivity contribution in [3.8, 4) is 5.75 Å². The van der Waals surface area contributed by atoms with Crippen molar-refractivity contribution in [3.05, 3.63) is 29.8 Å². The van der Waals surface area contributed by atoms with Gasteiger partial charge in [-0.3, -0.25) is 0 Å². The fourth-order valence-electron chi connectivity index (χ4n) is 4.63. The predicted octanol–water partition coefficient (Wildman–Crippen LogP) is 2.94. The first-order chi connectivity index (χ1) is 14.3. The topological polar surface area (TPSA) is 102 Å². The average molecular weight is 441 g/mol. The predicted molar refractivity (Wildman–Crippen MR) is 117 cm³/mol. The highest BCUT2D eigenvalue weighted by molar-refractivity contribution is 7.84. The van der Waals surface area contributed by atoms with Crippen LogP contribution in [0.15, 0.2) is 24.3 Å². The normalized spacial score (nSPS) is 21.4. The van der Waals surface area contributed by atoms with Gasteiger partial charge in [0.1, 0.15) is 17.5 Å². The number of likely N-dealkylation sites (N-methyl/N-ethyl adjacent to an activating group) is 1. The Labute approximate surface area is 180 Å². The van der Waals surface area contributed by atoms with Crippen molar-refractivity contribution < 1.29 is 22.4 Å². The lowest BCUT2D eigenvalue weighted by molar-refractivity contribution is -0.116. The molecule has 2 unspecified atom stereocenters. The Kier molecular flexibility index (Phi) is 7.79. The molecule has 2 aliphatic carbocycles. The number of ether oxygens (including phenoxy) is 1. The van der Waals surface area contributed by atoms with Gasteiger partial charge in [0.15, 0.2) is 6.10 Å². The molecule has 2 atom stereocenters. The molecule has 0 spiro atoms. The third kappa shape index (κ3) is 5.95. The number of aliphatic hydroxyl groups excluding tert-OH is 1. The average Bonchev–Trinajstić information content (AvgIpc) is 3.55. The van der Waals surface area contributed by atoms with Gasteiger partial charge < -0.3 is 14.7 Å². The molecule has 0 radical (unpaired) electrons. The molecule has 3 N–H and O–H groups in total. The van der Waals surface area contributed by atoms with E-state index in [4.69, 9.17) is 14.1 Å². The van der Waals surface area contributed by atoms with Crippen molar-refractivity contribution in [2.24, 2.45) is 5.14 Å². The second kappa shape index (κ2) is 9.96. The lowest BCUT2D eigenvalue weighted by Gasteiger charge is -2.44. The largest absolute Gasteiger partial charge is 0.484 e. The van der Waals surface area contributed by atoms with Crippen molar-refractivity contribution in [3.63, 3.8) is 0 Å². The van der Waals surface area contributed by atoms with Crippen LogP contribution in [-0.2, 0) is 14.5 Å². The summed E-state index contributed by atoms with van der Waals surface area (Å²) in [5.74, 6) is 1.16. The maximum absolute atomic E-state index is 12.0. The lowest BCUT2D eigenvalue weighted by Crippen LogP contribution is -2.58. The molecule has 0 bridgehead atoms. The van der Waals surface area contributed by atoms with Gasteiger partial charge in [0, 0.05) is 6.54 Å². The summed E-state index contributed by atoms with van der Waals surface area (Å²) in [4.78, 5) is 2.10. The van der Waals surface area contributed by atoms with E-state index in [1.165, 1.54) is 0 Å². The fourth-order valence-corrected chi connectivity index (χ4v) is 5.36. The van der Waals surface area contributed by atoms with Gasteiger partial charge in [-0.15, -0.1) is 0 Å². The van der Waals surface area contributed by atoms with Crippen molar-refractivity contribution in [1.29, 1.82) is 0 Å². The van der Waals surface area contributed by atoms with Crippen LogP contribution >= 0.6 is 0 Å². The van der Waals surface area contributed by atoms with Gasteiger partial charge in [-0.2, -0.15) is 8.42 Å². The minimum Gasteiger partial charge on any atom is -0.484 e. The molecule has 0 amide bonds. The van der Waals surface area contributed by atoms with E-state index in [9.17, 15) is 13.5 Å². The van der Waals surface area contributed by atoms with Crippen molar-refractivity contribution >= 4 is 10.3 Å². The van der Waals surface area contributed by atoms with Crippen molar-refractivity contribution in [1.82, 2.24) is 4.90 Å². The van der Waals surface area contributed by atoms with Gasteiger partial charge in [-0.25, -0.2) is 9.32 Å². The van der Waals surface area contributed by atoms with Gasteiger partial charge in [-0.1, -0.05) is 51.3 Å². The maximum Gasteiger partial charge on any atom is 0.333 e. The van der Waals surface area contributed by atoms with Gasteiger partial charge in [0.05, 0.1) is 0 Å². The van der Waals surface area contributed by atoms with Crippen LogP contribution in [-0.4, -0.2) is 55.9 Å². The van der Waals surface area contributed by atoms with E-state index >= 15 is 0 Å². The highest BCUT2D eigenvalue weighted by atomic mass is 32.2. The molecule has 170 valence electrons. The molecule has 0 aromatic heterocycles. The van der Waals surface area contributed by atoms with Crippen molar-refractivity contribution in [2.45, 2.75) is 82.5 Å². The Morgan fingerprint density at radius 1 is 1.17 bits per heavy atom. The number of aliphatic hydroxyl groups is 1. The number of hydrogen-bond donors (Lipinski definition) is 2. The Hall–Kier alpha value is -1.19. The number of rotatable bonds is 11. The maximum atomic E-state index is 12.0. The molecule has 8 heteroatoms. The molecule has 0 aliphatic heterocycles. The summed E-state index contributed by atoms with van der Waals surface area (Å²) in [5.41, 5.74) is -0.0613. The highest BCUT2D eigenvalue weighted by Crippen LogP contribution is 2.46. The molecule has 0 saturated heterocycles. The van der Waals surface area contributed by atoms with Crippen LogP contribution in [0.25, 0.3) is 0 Å². The van der Waals surface area contributed by atoms with E-state index in [-0.39, 0.29) is 0 Å². The van der Waals surface area contributed by atoms with Gasteiger partial charge in [0.25, 0.3) is 0 Å². The molecule has 2 aliphatic rings. The zero-order chi connectivity index (χ0) is 21.8.